The summed E-state index contributed by atoms with van der Waals surface area (Å²) < 4.78 is 0. The summed E-state index contributed by atoms with van der Waals surface area (Å²) in [5, 5.41) is 5.80. The van der Waals surface area contributed by atoms with E-state index in [1.807, 2.05) is 11.8 Å². The van der Waals surface area contributed by atoms with Crippen LogP contribution in [0, 0.1) is 19.3 Å². The van der Waals surface area contributed by atoms with Crippen molar-refractivity contribution < 1.29 is 0 Å². The molecule has 1 aliphatic rings. The van der Waals surface area contributed by atoms with Crippen molar-refractivity contribution in [2.45, 2.75) is 53.5 Å². The van der Waals surface area contributed by atoms with Gasteiger partial charge in [-0.1, -0.05) is 25.6 Å². The first-order valence-corrected chi connectivity index (χ1v) is 9.17. The normalized spacial score (nSPS) is 19.6. The van der Waals surface area contributed by atoms with Gasteiger partial charge >= 0.3 is 0 Å². The van der Waals surface area contributed by atoms with Crippen molar-refractivity contribution in [1.82, 2.24) is 10.3 Å². The molecule has 1 aromatic rings. The number of thiazole rings is 1. The average Bonchev–Trinajstić information content (AvgIpc) is 2.79. The van der Waals surface area contributed by atoms with E-state index in [1.54, 1.807) is 11.3 Å². The van der Waals surface area contributed by atoms with E-state index >= 15 is 0 Å². The summed E-state index contributed by atoms with van der Waals surface area (Å²) in [6, 6.07) is 0.295. The molecule has 0 saturated heterocycles. The van der Waals surface area contributed by atoms with Crippen LogP contribution in [0.4, 0.5) is 0 Å². The van der Waals surface area contributed by atoms with E-state index in [2.05, 4.69) is 44.9 Å². The summed E-state index contributed by atoms with van der Waals surface area (Å²) >= 11 is 3.66. The van der Waals surface area contributed by atoms with Gasteiger partial charge < -0.3 is 5.32 Å². The summed E-state index contributed by atoms with van der Waals surface area (Å²) in [6.45, 7) is 11.9. The second-order valence-corrected chi connectivity index (χ2v) is 7.86. The van der Waals surface area contributed by atoms with E-state index in [-0.39, 0.29) is 0 Å². The van der Waals surface area contributed by atoms with Crippen LogP contribution in [0.15, 0.2) is 4.99 Å². The van der Waals surface area contributed by atoms with E-state index in [4.69, 9.17) is 4.99 Å². The summed E-state index contributed by atoms with van der Waals surface area (Å²) in [7, 11) is 0. The Bertz CT molecular complexity index is 489. The van der Waals surface area contributed by atoms with Gasteiger partial charge in [-0.25, -0.2) is 4.98 Å². The minimum absolute atomic E-state index is 0.295. The van der Waals surface area contributed by atoms with Crippen molar-refractivity contribution in [2.24, 2.45) is 10.4 Å². The van der Waals surface area contributed by atoms with Gasteiger partial charge in [0.25, 0.3) is 0 Å². The van der Waals surface area contributed by atoms with Crippen LogP contribution >= 0.6 is 23.1 Å². The zero-order valence-corrected chi connectivity index (χ0v) is 14.7. The van der Waals surface area contributed by atoms with Gasteiger partial charge in [-0.3, -0.25) is 4.99 Å². The fraction of sp³-hybridized carbons (Fsp3) is 0.733. The molecule has 0 spiro atoms. The fourth-order valence-corrected chi connectivity index (χ4v) is 4.81. The molecule has 0 amide bonds. The van der Waals surface area contributed by atoms with Crippen LogP contribution in [0.2, 0.25) is 0 Å². The molecule has 2 heterocycles. The Kier molecular flexibility index (Phi) is 5.13. The summed E-state index contributed by atoms with van der Waals surface area (Å²) in [5.74, 6) is 1.18. The second-order valence-electron chi connectivity index (χ2n) is 5.67. The van der Waals surface area contributed by atoms with Gasteiger partial charge in [-0.15, -0.1) is 11.3 Å². The summed E-state index contributed by atoms with van der Waals surface area (Å²) in [5.41, 5.74) is 1.56. The number of thioether (sulfide) groups is 1. The lowest BCUT2D eigenvalue weighted by atomic mass is 9.84. The van der Waals surface area contributed by atoms with E-state index in [9.17, 15) is 0 Å². The standard InChI is InChI=1S/C15H25N3S2/c1-6-15(7-2)8-16-14(19-9-15)18-11(4)13-10(3)17-12(5)20-13/h11H,6-9H2,1-5H3,(H,16,18). The quantitative estimate of drug-likeness (QED) is 0.900. The average molecular weight is 312 g/mol. The van der Waals surface area contributed by atoms with Crippen molar-refractivity contribution in [3.63, 3.8) is 0 Å². The number of hydrogen-bond acceptors (Lipinski definition) is 5. The molecule has 1 aromatic heterocycles. The van der Waals surface area contributed by atoms with Crippen LogP contribution in [-0.4, -0.2) is 22.4 Å². The number of aromatic nitrogens is 1. The van der Waals surface area contributed by atoms with Crippen LogP contribution in [0.1, 0.15) is 55.2 Å². The van der Waals surface area contributed by atoms with E-state index in [1.165, 1.54) is 23.5 Å². The highest BCUT2D eigenvalue weighted by atomic mass is 32.2. The molecule has 1 aliphatic heterocycles. The van der Waals surface area contributed by atoms with Crippen LogP contribution in [0.3, 0.4) is 0 Å². The molecule has 1 unspecified atom stereocenters. The molecule has 0 bridgehead atoms. The van der Waals surface area contributed by atoms with E-state index < -0.39 is 0 Å². The maximum Gasteiger partial charge on any atom is 0.157 e. The number of nitrogens with one attached hydrogen (secondary N) is 1. The van der Waals surface area contributed by atoms with Gasteiger partial charge in [0.05, 0.1) is 16.7 Å². The number of rotatable bonds is 4. The molecule has 0 aliphatic carbocycles. The minimum Gasteiger partial charge on any atom is -0.358 e. The van der Waals surface area contributed by atoms with Gasteiger partial charge in [0.15, 0.2) is 5.17 Å². The lowest BCUT2D eigenvalue weighted by Gasteiger charge is -2.34. The molecule has 2 rings (SSSR count). The molecule has 1 N–H and O–H groups in total. The number of hydrogen-bond donors (Lipinski definition) is 1. The van der Waals surface area contributed by atoms with Crippen molar-refractivity contribution >= 4 is 28.3 Å². The van der Waals surface area contributed by atoms with Crippen LogP contribution in [-0.2, 0) is 0 Å². The van der Waals surface area contributed by atoms with E-state index in [0.29, 0.717) is 11.5 Å². The predicted molar refractivity (Wildman–Crippen MR) is 90.9 cm³/mol. The van der Waals surface area contributed by atoms with Crippen LogP contribution < -0.4 is 5.32 Å². The lowest BCUT2D eigenvalue weighted by molar-refractivity contribution is 0.318. The summed E-state index contributed by atoms with van der Waals surface area (Å²) in [4.78, 5) is 10.6. The molecule has 0 radical (unpaired) electrons. The Labute approximate surface area is 130 Å². The first-order chi connectivity index (χ1) is 9.49. The highest BCUT2D eigenvalue weighted by Gasteiger charge is 2.30. The third-order valence-corrected chi connectivity index (χ3v) is 6.78. The van der Waals surface area contributed by atoms with Gasteiger partial charge in [-0.2, -0.15) is 0 Å². The molecule has 1 atom stereocenters. The molecule has 112 valence electrons. The molecule has 0 saturated carbocycles. The predicted octanol–water partition coefficient (Wildman–Crippen LogP) is 4.32. The number of aryl methyl sites for hydroxylation is 2. The molecular weight excluding hydrogens is 286 g/mol. The van der Waals surface area contributed by atoms with Crippen LogP contribution in [0.5, 0.6) is 0 Å². The van der Waals surface area contributed by atoms with Crippen molar-refractivity contribution in [3.05, 3.63) is 15.6 Å². The molecular formula is C15H25N3S2. The van der Waals surface area contributed by atoms with Crippen molar-refractivity contribution in [1.29, 1.82) is 0 Å². The molecule has 20 heavy (non-hydrogen) atoms. The Morgan fingerprint density at radius 1 is 1.30 bits per heavy atom. The zero-order chi connectivity index (χ0) is 14.8. The fourth-order valence-electron chi connectivity index (χ4n) is 2.52. The monoisotopic (exact) mass is 311 g/mol. The highest BCUT2D eigenvalue weighted by molar-refractivity contribution is 8.13. The summed E-state index contributed by atoms with van der Waals surface area (Å²) in [6.07, 6.45) is 2.44. The second kappa shape index (κ2) is 6.48. The van der Waals surface area contributed by atoms with Gasteiger partial charge in [0, 0.05) is 17.2 Å². The Hall–Kier alpha value is -0.550. The Morgan fingerprint density at radius 2 is 2.00 bits per heavy atom. The molecule has 0 aromatic carbocycles. The first-order valence-electron chi connectivity index (χ1n) is 7.37. The number of nitrogens with zero attached hydrogens (tertiary/aromatic N) is 2. The smallest absolute Gasteiger partial charge is 0.157 e. The largest absolute Gasteiger partial charge is 0.358 e. The molecule has 5 heteroatoms. The van der Waals surface area contributed by atoms with E-state index in [0.717, 1.165) is 22.4 Å². The number of amidine groups is 1. The third-order valence-electron chi connectivity index (χ3n) is 4.25. The van der Waals surface area contributed by atoms with Crippen LogP contribution in [0.25, 0.3) is 0 Å². The Morgan fingerprint density at radius 3 is 2.45 bits per heavy atom. The Balaban J connectivity index is 2.01. The van der Waals surface area contributed by atoms with Gasteiger partial charge in [0.2, 0.25) is 0 Å². The third kappa shape index (κ3) is 3.37. The minimum atomic E-state index is 0.295. The zero-order valence-electron chi connectivity index (χ0n) is 13.1. The number of aliphatic imine (C=N–C) groups is 1. The van der Waals surface area contributed by atoms with Crippen molar-refractivity contribution in [2.75, 3.05) is 12.3 Å². The lowest BCUT2D eigenvalue weighted by Crippen LogP contribution is -2.35. The SMILES string of the molecule is CCC1(CC)CN=C(NC(C)c2sc(C)nc2C)SC1. The van der Waals surface area contributed by atoms with Gasteiger partial charge in [0.1, 0.15) is 0 Å². The highest BCUT2D eigenvalue weighted by Crippen LogP contribution is 2.35. The molecule has 3 nitrogen and oxygen atoms in total. The molecule has 0 fully saturated rings. The van der Waals surface area contributed by atoms with Gasteiger partial charge in [-0.05, 0) is 39.0 Å². The first kappa shape index (κ1) is 15.8. The maximum absolute atomic E-state index is 4.78. The maximum atomic E-state index is 4.78. The van der Waals surface area contributed by atoms with Crippen molar-refractivity contribution in [3.8, 4) is 0 Å². The topological polar surface area (TPSA) is 37.3 Å².